The summed E-state index contributed by atoms with van der Waals surface area (Å²) in [4.78, 5) is 12.2. The maximum absolute atomic E-state index is 12.2. The third kappa shape index (κ3) is 1.79. The number of nitrogens with one attached hydrogen (secondary N) is 1. The standard InChI is InChI=1S/C13H20N2O/c1-12(2,3)11-10-8(14-15-11)6-13(4,5)7-9(10)16/h6-7H2,1-5H3,(H,14,15). The number of aromatic nitrogens is 2. The van der Waals surface area contributed by atoms with E-state index in [0.717, 1.165) is 23.4 Å². The molecule has 0 saturated carbocycles. The van der Waals surface area contributed by atoms with E-state index in [1.165, 1.54) is 0 Å². The number of H-pyrrole nitrogens is 1. The van der Waals surface area contributed by atoms with Gasteiger partial charge in [-0.2, -0.15) is 5.10 Å². The summed E-state index contributed by atoms with van der Waals surface area (Å²) >= 11 is 0. The molecule has 0 amide bonds. The first-order valence-electron chi connectivity index (χ1n) is 5.82. The molecule has 0 fully saturated rings. The number of aromatic amines is 1. The molecule has 16 heavy (non-hydrogen) atoms. The van der Waals surface area contributed by atoms with Crippen molar-refractivity contribution in [2.24, 2.45) is 5.41 Å². The Labute approximate surface area is 96.6 Å². The van der Waals surface area contributed by atoms with Crippen molar-refractivity contribution in [3.8, 4) is 0 Å². The van der Waals surface area contributed by atoms with Gasteiger partial charge in [0.25, 0.3) is 0 Å². The molecule has 1 aromatic heterocycles. The minimum Gasteiger partial charge on any atom is -0.294 e. The average molecular weight is 220 g/mol. The second kappa shape index (κ2) is 3.19. The lowest BCUT2D eigenvalue weighted by molar-refractivity contribution is 0.0909. The predicted molar refractivity (Wildman–Crippen MR) is 63.7 cm³/mol. The third-order valence-electron chi connectivity index (χ3n) is 3.12. The van der Waals surface area contributed by atoms with Gasteiger partial charge in [-0.1, -0.05) is 34.6 Å². The molecule has 3 nitrogen and oxygen atoms in total. The Morgan fingerprint density at radius 1 is 1.25 bits per heavy atom. The highest BCUT2D eigenvalue weighted by molar-refractivity contribution is 6.00. The Bertz CT molecular complexity index is 435. The minimum atomic E-state index is -0.0682. The van der Waals surface area contributed by atoms with Gasteiger partial charge in [0.05, 0.1) is 11.3 Å². The molecule has 88 valence electrons. The number of nitrogens with zero attached hydrogens (tertiary/aromatic N) is 1. The Morgan fingerprint density at radius 3 is 2.44 bits per heavy atom. The van der Waals surface area contributed by atoms with Crippen molar-refractivity contribution >= 4 is 5.78 Å². The van der Waals surface area contributed by atoms with Crippen LogP contribution in [0.4, 0.5) is 0 Å². The molecule has 0 aliphatic heterocycles. The van der Waals surface area contributed by atoms with E-state index >= 15 is 0 Å². The second-order valence-corrected chi connectivity index (χ2v) is 6.62. The first-order chi connectivity index (χ1) is 7.21. The third-order valence-corrected chi connectivity index (χ3v) is 3.12. The van der Waals surface area contributed by atoms with E-state index < -0.39 is 0 Å². The Kier molecular flexibility index (Phi) is 2.26. The van der Waals surface area contributed by atoms with Crippen molar-refractivity contribution in [1.82, 2.24) is 10.2 Å². The van der Waals surface area contributed by atoms with Gasteiger partial charge >= 0.3 is 0 Å². The molecule has 0 aromatic carbocycles. The summed E-state index contributed by atoms with van der Waals surface area (Å²) in [5.74, 6) is 0.241. The Morgan fingerprint density at radius 2 is 1.88 bits per heavy atom. The quantitative estimate of drug-likeness (QED) is 0.730. The highest BCUT2D eigenvalue weighted by atomic mass is 16.1. The Hall–Kier alpha value is -1.12. The van der Waals surface area contributed by atoms with E-state index in [2.05, 4.69) is 44.8 Å². The van der Waals surface area contributed by atoms with Crippen LogP contribution in [-0.4, -0.2) is 16.0 Å². The lowest BCUT2D eigenvalue weighted by atomic mass is 9.74. The maximum Gasteiger partial charge on any atom is 0.167 e. The zero-order valence-corrected chi connectivity index (χ0v) is 10.8. The Balaban J connectivity index is 2.52. The van der Waals surface area contributed by atoms with Gasteiger partial charge in [-0.3, -0.25) is 9.89 Å². The molecule has 1 heterocycles. The number of carbonyl (C=O) groups is 1. The summed E-state index contributed by atoms with van der Waals surface area (Å²) < 4.78 is 0. The number of Topliss-reactive ketones (excluding diaryl/α,β-unsaturated/α-hetero) is 1. The number of fused-ring (bicyclic) bond motifs is 1. The summed E-state index contributed by atoms with van der Waals surface area (Å²) in [6, 6.07) is 0. The smallest absolute Gasteiger partial charge is 0.167 e. The fraction of sp³-hybridized carbons (Fsp3) is 0.692. The average Bonchev–Trinajstić information content (AvgIpc) is 2.43. The van der Waals surface area contributed by atoms with Crippen LogP contribution in [-0.2, 0) is 11.8 Å². The highest BCUT2D eigenvalue weighted by Crippen LogP contribution is 2.37. The summed E-state index contributed by atoms with van der Waals surface area (Å²) in [6.07, 6.45) is 1.54. The summed E-state index contributed by atoms with van der Waals surface area (Å²) in [5, 5.41) is 7.39. The van der Waals surface area contributed by atoms with Crippen LogP contribution in [0, 0.1) is 5.41 Å². The van der Waals surface area contributed by atoms with Gasteiger partial charge in [-0.25, -0.2) is 0 Å². The highest BCUT2D eigenvalue weighted by Gasteiger charge is 2.37. The SMILES string of the molecule is CC1(C)CC(=O)c2c(C(C)(C)C)n[nH]c2C1. The van der Waals surface area contributed by atoms with Crippen LogP contribution in [0.2, 0.25) is 0 Å². The molecular weight excluding hydrogens is 200 g/mol. The molecule has 0 saturated heterocycles. The van der Waals surface area contributed by atoms with E-state index in [1.807, 2.05) is 0 Å². The first kappa shape index (κ1) is 11.4. The number of rotatable bonds is 0. The van der Waals surface area contributed by atoms with Gasteiger partial charge in [0.15, 0.2) is 5.78 Å². The van der Waals surface area contributed by atoms with Crippen LogP contribution in [0.1, 0.15) is 62.8 Å². The van der Waals surface area contributed by atoms with E-state index in [0.29, 0.717) is 6.42 Å². The zero-order valence-electron chi connectivity index (χ0n) is 10.8. The van der Waals surface area contributed by atoms with Crippen LogP contribution in [0.3, 0.4) is 0 Å². The lowest BCUT2D eigenvalue weighted by Crippen LogP contribution is -2.28. The van der Waals surface area contributed by atoms with Crippen molar-refractivity contribution in [2.75, 3.05) is 0 Å². The van der Waals surface area contributed by atoms with Crippen LogP contribution >= 0.6 is 0 Å². The molecule has 0 spiro atoms. The normalized spacial score (nSPS) is 19.7. The van der Waals surface area contributed by atoms with Gasteiger partial charge in [-0.05, 0) is 11.8 Å². The first-order valence-corrected chi connectivity index (χ1v) is 5.82. The lowest BCUT2D eigenvalue weighted by Gasteiger charge is -2.29. The predicted octanol–water partition coefficient (Wildman–Crippen LogP) is 2.86. The summed E-state index contributed by atoms with van der Waals surface area (Å²) in [7, 11) is 0. The van der Waals surface area contributed by atoms with Gasteiger partial charge < -0.3 is 0 Å². The van der Waals surface area contributed by atoms with Crippen LogP contribution < -0.4 is 0 Å². The molecular formula is C13H20N2O. The largest absolute Gasteiger partial charge is 0.294 e. The van der Waals surface area contributed by atoms with Gasteiger partial charge in [-0.15, -0.1) is 0 Å². The summed E-state index contributed by atoms with van der Waals surface area (Å²) in [6.45, 7) is 10.5. The monoisotopic (exact) mass is 220 g/mol. The molecule has 0 bridgehead atoms. The van der Waals surface area contributed by atoms with Gasteiger partial charge in [0, 0.05) is 17.5 Å². The molecule has 0 atom stereocenters. The molecule has 0 unspecified atom stereocenters. The number of ketones is 1. The van der Waals surface area contributed by atoms with Crippen molar-refractivity contribution < 1.29 is 4.79 Å². The van der Waals surface area contributed by atoms with Crippen molar-refractivity contribution in [3.05, 3.63) is 17.0 Å². The molecule has 0 radical (unpaired) electrons. The van der Waals surface area contributed by atoms with Gasteiger partial charge in [0.1, 0.15) is 0 Å². The van der Waals surface area contributed by atoms with Crippen molar-refractivity contribution in [2.45, 2.75) is 52.9 Å². The fourth-order valence-electron chi connectivity index (χ4n) is 2.41. The zero-order chi connectivity index (χ0) is 12.1. The van der Waals surface area contributed by atoms with E-state index in [9.17, 15) is 4.79 Å². The van der Waals surface area contributed by atoms with Crippen molar-refractivity contribution in [1.29, 1.82) is 0 Å². The minimum absolute atomic E-state index is 0.0613. The van der Waals surface area contributed by atoms with Crippen LogP contribution in [0.25, 0.3) is 0 Å². The fourth-order valence-corrected chi connectivity index (χ4v) is 2.41. The molecule has 3 heteroatoms. The molecule has 2 rings (SSSR count). The van der Waals surface area contributed by atoms with Crippen molar-refractivity contribution in [3.63, 3.8) is 0 Å². The number of hydrogen-bond acceptors (Lipinski definition) is 2. The molecule has 1 aromatic rings. The second-order valence-electron chi connectivity index (χ2n) is 6.62. The molecule has 1 aliphatic rings. The summed E-state index contributed by atoms with van der Waals surface area (Å²) in [5.41, 5.74) is 2.79. The maximum atomic E-state index is 12.2. The van der Waals surface area contributed by atoms with E-state index in [1.54, 1.807) is 0 Å². The number of carbonyl (C=O) groups excluding carboxylic acids is 1. The molecule has 1 aliphatic carbocycles. The van der Waals surface area contributed by atoms with Gasteiger partial charge in [0.2, 0.25) is 0 Å². The van der Waals surface area contributed by atoms with E-state index in [4.69, 9.17) is 0 Å². The molecule has 1 N–H and O–H groups in total. The number of hydrogen-bond donors (Lipinski definition) is 1. The van der Waals surface area contributed by atoms with Crippen LogP contribution in [0.5, 0.6) is 0 Å². The van der Waals surface area contributed by atoms with Crippen LogP contribution in [0.15, 0.2) is 0 Å². The topological polar surface area (TPSA) is 45.8 Å². The van der Waals surface area contributed by atoms with E-state index in [-0.39, 0.29) is 16.6 Å².